The number of benzene rings is 2. The van der Waals surface area contributed by atoms with E-state index in [0.717, 1.165) is 57.3 Å². The Kier molecular flexibility index (Phi) is 7.87. The van der Waals surface area contributed by atoms with Gasteiger partial charge in [0, 0.05) is 18.5 Å². The fourth-order valence-corrected chi connectivity index (χ4v) is 6.74. The maximum atomic E-state index is 14.6. The van der Waals surface area contributed by atoms with Crippen LogP contribution >= 0.6 is 0 Å². The predicted octanol–water partition coefficient (Wildman–Crippen LogP) is 4.28. The second-order valence-corrected chi connectivity index (χ2v) is 9.88. The van der Waals surface area contributed by atoms with E-state index in [1.54, 1.807) is 12.1 Å². The Bertz CT molecular complexity index is 1010. The van der Waals surface area contributed by atoms with E-state index in [9.17, 15) is 9.18 Å². The van der Waals surface area contributed by atoms with Gasteiger partial charge in [-0.2, -0.15) is 0 Å². The van der Waals surface area contributed by atoms with Crippen LogP contribution in [0.4, 0.5) is 9.18 Å². The Balaban J connectivity index is 1.70. The smallest absolute Gasteiger partial charge is 0.407 e. The van der Waals surface area contributed by atoms with Gasteiger partial charge in [-0.3, -0.25) is 9.89 Å². The van der Waals surface area contributed by atoms with Gasteiger partial charge in [0.1, 0.15) is 5.82 Å². The zero-order valence-corrected chi connectivity index (χ0v) is 20.6. The molecule has 1 aliphatic carbocycles. The summed E-state index contributed by atoms with van der Waals surface area (Å²) in [6.07, 6.45) is 3.66. The number of likely N-dealkylation sites (tertiary alicyclic amines) is 1. The van der Waals surface area contributed by atoms with E-state index in [-0.39, 0.29) is 24.3 Å². The zero-order valence-electron chi connectivity index (χ0n) is 20.6. The number of amides is 1. The number of nitrogens with two attached hydrogens (primary N) is 1. The molecule has 2 aliphatic rings. The predicted molar refractivity (Wildman–Crippen MR) is 137 cm³/mol. The number of alkyl carbamates (subject to hydrolysis) is 1. The van der Waals surface area contributed by atoms with Crippen LogP contribution in [0.25, 0.3) is 0 Å². The van der Waals surface area contributed by atoms with E-state index in [1.165, 1.54) is 18.7 Å². The first-order valence-corrected chi connectivity index (χ1v) is 12.5. The lowest BCUT2D eigenvalue weighted by Crippen LogP contribution is -2.66. The number of ether oxygens (including phenoxy) is 1. The summed E-state index contributed by atoms with van der Waals surface area (Å²) < 4.78 is 19.5. The zero-order chi connectivity index (χ0) is 24.9. The summed E-state index contributed by atoms with van der Waals surface area (Å²) in [5.41, 5.74) is 7.39. The summed E-state index contributed by atoms with van der Waals surface area (Å²) >= 11 is 0. The average Bonchev–Trinajstić information content (AvgIpc) is 3.30. The van der Waals surface area contributed by atoms with Crippen molar-refractivity contribution in [2.45, 2.75) is 55.6 Å². The summed E-state index contributed by atoms with van der Waals surface area (Å²) in [6.45, 7) is 7.05. The molecule has 7 heteroatoms. The van der Waals surface area contributed by atoms with Crippen LogP contribution in [0, 0.1) is 11.7 Å². The van der Waals surface area contributed by atoms with Crippen molar-refractivity contribution in [2.75, 3.05) is 26.7 Å². The molecule has 1 saturated carbocycles. The topological polar surface area (TPSA) is 80.0 Å². The van der Waals surface area contributed by atoms with Crippen LogP contribution in [0.15, 0.2) is 59.6 Å². The Labute approximate surface area is 207 Å². The third-order valence-electron chi connectivity index (χ3n) is 8.35. The number of carbonyl (C=O) groups excluding carboxylic acids is 1. The SMILES string of the molecule is C=N[C@]1([C@](CN)(c2cccc(F)c2)C2CCN(Cc3ccccc3)CC2)CCC[C@@H]1NC(=O)OC. The highest BCUT2D eigenvalue weighted by atomic mass is 19.1. The number of carbonyl (C=O) groups is 1. The van der Waals surface area contributed by atoms with Gasteiger partial charge in [-0.1, -0.05) is 42.5 Å². The van der Waals surface area contributed by atoms with Gasteiger partial charge >= 0.3 is 6.09 Å². The molecule has 4 rings (SSSR count). The van der Waals surface area contributed by atoms with Crippen molar-refractivity contribution in [2.24, 2.45) is 16.6 Å². The fourth-order valence-electron chi connectivity index (χ4n) is 6.74. The van der Waals surface area contributed by atoms with Crippen molar-refractivity contribution >= 4 is 12.8 Å². The van der Waals surface area contributed by atoms with E-state index in [0.29, 0.717) is 0 Å². The van der Waals surface area contributed by atoms with Crippen molar-refractivity contribution in [1.29, 1.82) is 0 Å². The summed E-state index contributed by atoms with van der Waals surface area (Å²) in [5.74, 6) is -0.136. The largest absolute Gasteiger partial charge is 0.453 e. The number of hydrogen-bond acceptors (Lipinski definition) is 5. The van der Waals surface area contributed by atoms with Gasteiger partial charge in [-0.15, -0.1) is 0 Å². The van der Waals surface area contributed by atoms with Gasteiger partial charge in [0.15, 0.2) is 0 Å². The molecule has 1 aliphatic heterocycles. The van der Waals surface area contributed by atoms with E-state index >= 15 is 0 Å². The molecule has 1 heterocycles. The minimum Gasteiger partial charge on any atom is -0.453 e. The average molecular weight is 481 g/mol. The van der Waals surface area contributed by atoms with Crippen LogP contribution in [-0.2, 0) is 16.7 Å². The fraction of sp³-hybridized carbons (Fsp3) is 0.500. The molecule has 0 unspecified atom stereocenters. The molecule has 3 N–H and O–H groups in total. The Morgan fingerprint density at radius 2 is 1.97 bits per heavy atom. The van der Waals surface area contributed by atoms with Crippen LogP contribution in [0.1, 0.15) is 43.2 Å². The molecule has 35 heavy (non-hydrogen) atoms. The van der Waals surface area contributed by atoms with Crippen molar-refractivity contribution < 1.29 is 13.9 Å². The summed E-state index contributed by atoms with van der Waals surface area (Å²) in [7, 11) is 1.36. The van der Waals surface area contributed by atoms with Gasteiger partial charge < -0.3 is 15.8 Å². The lowest BCUT2D eigenvalue weighted by atomic mass is 9.54. The van der Waals surface area contributed by atoms with Crippen molar-refractivity contribution in [3.8, 4) is 0 Å². The molecule has 188 valence electrons. The number of nitrogens with zero attached hydrogens (tertiary/aromatic N) is 2. The third-order valence-corrected chi connectivity index (χ3v) is 8.35. The standard InChI is InChI=1S/C28H37FN4O2/c1-31-28(15-7-12-25(28)32-26(34)35-2)27(20-30,23-10-6-11-24(29)18-23)22-13-16-33(17-14-22)19-21-8-4-3-5-9-21/h3-6,8-11,18,22,25H,1,7,12-17,19-20,30H2,2H3,(H,32,34)/t25-,27-,28+/m0/s1. The first-order chi connectivity index (χ1) is 17.0. The van der Waals surface area contributed by atoms with Gasteiger partial charge in [0.25, 0.3) is 0 Å². The monoisotopic (exact) mass is 480 g/mol. The lowest BCUT2D eigenvalue weighted by Gasteiger charge is -2.55. The number of halogens is 1. The molecule has 3 atom stereocenters. The maximum absolute atomic E-state index is 14.6. The summed E-state index contributed by atoms with van der Waals surface area (Å²) in [4.78, 5) is 19.5. The van der Waals surface area contributed by atoms with E-state index in [1.807, 2.05) is 12.1 Å². The Morgan fingerprint density at radius 1 is 1.23 bits per heavy atom. The molecule has 2 fully saturated rings. The molecule has 0 spiro atoms. The van der Waals surface area contributed by atoms with Gasteiger partial charge in [-0.05, 0) is 81.1 Å². The highest BCUT2D eigenvalue weighted by molar-refractivity contribution is 5.68. The van der Waals surface area contributed by atoms with Crippen molar-refractivity contribution in [3.05, 3.63) is 71.5 Å². The van der Waals surface area contributed by atoms with E-state index in [4.69, 9.17) is 15.5 Å². The van der Waals surface area contributed by atoms with Crippen LogP contribution in [0.2, 0.25) is 0 Å². The molecule has 1 saturated heterocycles. The number of methoxy groups -OCH3 is 1. The maximum Gasteiger partial charge on any atom is 0.407 e. The molecule has 6 nitrogen and oxygen atoms in total. The number of rotatable bonds is 8. The number of aliphatic imine (C=N–C) groups is 1. The van der Waals surface area contributed by atoms with Gasteiger partial charge in [0.2, 0.25) is 0 Å². The van der Waals surface area contributed by atoms with Crippen LogP contribution in [0.5, 0.6) is 0 Å². The first kappa shape index (κ1) is 25.3. The first-order valence-electron chi connectivity index (χ1n) is 12.5. The lowest BCUT2D eigenvalue weighted by molar-refractivity contribution is 0.0601. The van der Waals surface area contributed by atoms with Gasteiger partial charge in [-0.25, -0.2) is 9.18 Å². The summed E-state index contributed by atoms with van der Waals surface area (Å²) in [6, 6.07) is 17.0. The molecule has 0 aromatic heterocycles. The third kappa shape index (κ3) is 4.71. The Morgan fingerprint density at radius 3 is 2.60 bits per heavy atom. The number of nitrogens with one attached hydrogen (secondary N) is 1. The molecule has 2 aromatic carbocycles. The second kappa shape index (κ2) is 10.9. The van der Waals surface area contributed by atoms with Crippen molar-refractivity contribution in [1.82, 2.24) is 10.2 Å². The number of hydrogen-bond donors (Lipinski definition) is 2. The van der Waals surface area contributed by atoms with Crippen LogP contribution < -0.4 is 11.1 Å². The minimum absolute atomic E-state index is 0.159. The molecule has 2 aromatic rings. The summed E-state index contributed by atoms with van der Waals surface area (Å²) in [5, 5.41) is 3.02. The molecule has 0 radical (unpaired) electrons. The molecular formula is C28H37FN4O2. The van der Waals surface area contributed by atoms with Crippen molar-refractivity contribution in [3.63, 3.8) is 0 Å². The molecule has 1 amide bonds. The van der Waals surface area contributed by atoms with Crippen LogP contribution in [0.3, 0.4) is 0 Å². The minimum atomic E-state index is -0.754. The molecular weight excluding hydrogens is 443 g/mol. The normalized spacial score (nSPS) is 25.1. The highest BCUT2D eigenvalue weighted by Crippen LogP contribution is 2.54. The molecule has 0 bridgehead atoms. The van der Waals surface area contributed by atoms with Crippen LogP contribution in [-0.4, -0.2) is 56.0 Å². The second-order valence-electron chi connectivity index (χ2n) is 9.88. The highest BCUT2D eigenvalue weighted by Gasteiger charge is 2.61. The Hall–Kier alpha value is -2.77. The quantitative estimate of drug-likeness (QED) is 0.553. The van der Waals surface area contributed by atoms with E-state index < -0.39 is 17.0 Å². The number of piperidine rings is 1. The van der Waals surface area contributed by atoms with Gasteiger partial charge in [0.05, 0.1) is 18.7 Å². The van der Waals surface area contributed by atoms with E-state index in [2.05, 4.69) is 41.2 Å².